The number of Topliss-reactive ketones (excluding diaryl/α,β-unsaturated/α-hetero) is 1. The molecule has 13 nitrogen and oxygen atoms in total. The molecule has 0 aromatic carbocycles. The number of ketones is 1. The highest BCUT2D eigenvalue weighted by atomic mass is 16.6. The molecule has 5 aliphatic rings. The Morgan fingerprint density at radius 1 is 0.805 bits per heavy atom. The Balaban J connectivity index is 1.08. The molecule has 5 saturated heterocycles. The average molecular weight is 571 g/mol. The molecule has 41 heavy (non-hydrogen) atoms. The van der Waals surface area contributed by atoms with Gasteiger partial charge in [-0.2, -0.15) is 15.0 Å². The fourth-order valence-corrected chi connectivity index (χ4v) is 6.57. The molecule has 5 aliphatic heterocycles. The van der Waals surface area contributed by atoms with Crippen LogP contribution < -0.4 is 14.7 Å². The lowest BCUT2D eigenvalue weighted by Crippen LogP contribution is -2.53. The van der Waals surface area contributed by atoms with Gasteiger partial charge in [-0.05, 0) is 44.4 Å². The van der Waals surface area contributed by atoms with Gasteiger partial charge in [0, 0.05) is 58.9 Å². The first kappa shape index (κ1) is 27.9. The van der Waals surface area contributed by atoms with Crippen LogP contribution in [0.4, 0.5) is 22.6 Å². The van der Waals surface area contributed by atoms with Crippen LogP contribution in [0.3, 0.4) is 0 Å². The molecule has 0 saturated carbocycles. The summed E-state index contributed by atoms with van der Waals surface area (Å²) in [5.41, 5.74) is -1.11. The summed E-state index contributed by atoms with van der Waals surface area (Å²) in [5.74, 6) is 1.74. The average Bonchev–Trinajstić information content (AvgIpc) is 3.79. The number of fused-ring (bicyclic) bond motifs is 1. The molecule has 1 aromatic rings. The minimum atomic E-state index is -1.11. The maximum atomic E-state index is 13.3. The maximum absolute atomic E-state index is 13.3. The third-order valence-electron chi connectivity index (χ3n) is 8.91. The van der Waals surface area contributed by atoms with E-state index in [1.54, 1.807) is 9.80 Å². The fourth-order valence-electron chi connectivity index (χ4n) is 6.57. The van der Waals surface area contributed by atoms with E-state index < -0.39 is 17.7 Å². The van der Waals surface area contributed by atoms with Crippen molar-refractivity contribution in [3.63, 3.8) is 0 Å². The minimum absolute atomic E-state index is 0.135. The van der Waals surface area contributed by atoms with Gasteiger partial charge in [-0.15, -0.1) is 0 Å². The predicted octanol–water partition coefficient (Wildman–Crippen LogP) is 1.32. The second-order valence-electron chi connectivity index (χ2n) is 12.2. The van der Waals surface area contributed by atoms with E-state index >= 15 is 0 Å². The lowest BCUT2D eigenvalue weighted by Gasteiger charge is -2.35. The number of hydrogen-bond acceptors (Lipinski definition) is 11. The number of amides is 2. The fraction of sp³-hybridized carbons (Fsp3) is 0.786. The van der Waals surface area contributed by atoms with Crippen LogP contribution in [0.5, 0.6) is 0 Å². The van der Waals surface area contributed by atoms with Crippen LogP contribution in [0, 0.1) is 5.92 Å². The zero-order chi connectivity index (χ0) is 28.6. The van der Waals surface area contributed by atoms with Crippen molar-refractivity contribution in [2.24, 2.45) is 5.92 Å². The summed E-state index contributed by atoms with van der Waals surface area (Å²) in [6.07, 6.45) is 4.20. The number of carbonyl (C=O) groups excluding carboxylic acids is 3. The van der Waals surface area contributed by atoms with E-state index in [-0.39, 0.29) is 24.2 Å². The largest absolute Gasteiger partial charge is 0.446 e. The van der Waals surface area contributed by atoms with Crippen LogP contribution in [-0.2, 0) is 19.1 Å². The van der Waals surface area contributed by atoms with E-state index in [4.69, 9.17) is 24.4 Å². The number of piperazine rings is 1. The predicted molar refractivity (Wildman–Crippen MR) is 151 cm³/mol. The molecule has 0 aliphatic carbocycles. The summed E-state index contributed by atoms with van der Waals surface area (Å²) in [4.78, 5) is 63.7. The Morgan fingerprint density at radius 3 is 1.88 bits per heavy atom. The number of rotatable bonds is 8. The lowest BCUT2D eigenvalue weighted by molar-refractivity contribution is -0.141. The van der Waals surface area contributed by atoms with Crippen LogP contribution in [0.15, 0.2) is 0 Å². The van der Waals surface area contributed by atoms with E-state index in [2.05, 4.69) is 14.7 Å². The van der Waals surface area contributed by atoms with Crippen molar-refractivity contribution in [3.05, 3.63) is 0 Å². The molecule has 0 N–H and O–H groups in total. The van der Waals surface area contributed by atoms with Crippen molar-refractivity contribution in [2.75, 3.05) is 86.8 Å². The third-order valence-corrected chi connectivity index (χ3v) is 8.91. The summed E-state index contributed by atoms with van der Waals surface area (Å²) < 4.78 is 11.4. The molecular weight excluding hydrogens is 528 g/mol. The molecule has 2 atom stereocenters. The highest BCUT2D eigenvalue weighted by molar-refractivity contribution is 6.16. The molecule has 0 spiro atoms. The van der Waals surface area contributed by atoms with Crippen molar-refractivity contribution in [1.82, 2.24) is 24.8 Å². The van der Waals surface area contributed by atoms with Gasteiger partial charge < -0.3 is 34.0 Å². The Kier molecular flexibility index (Phi) is 7.88. The molecule has 6 rings (SSSR count). The topological polar surface area (TPSA) is 125 Å². The van der Waals surface area contributed by atoms with E-state index in [9.17, 15) is 14.4 Å². The number of anilines is 3. The Hall–Kier alpha value is -3.22. The van der Waals surface area contributed by atoms with Crippen LogP contribution in [0.25, 0.3) is 0 Å². The first-order valence-corrected chi connectivity index (χ1v) is 15.3. The van der Waals surface area contributed by atoms with Gasteiger partial charge in [0.15, 0.2) is 11.9 Å². The second kappa shape index (κ2) is 11.6. The van der Waals surface area contributed by atoms with Gasteiger partial charge in [0.05, 0.1) is 6.61 Å². The molecule has 6 heterocycles. The van der Waals surface area contributed by atoms with Gasteiger partial charge in [0.25, 0.3) is 5.91 Å². The van der Waals surface area contributed by atoms with Crippen LogP contribution in [0.2, 0.25) is 0 Å². The normalized spacial score (nSPS) is 26.6. The summed E-state index contributed by atoms with van der Waals surface area (Å²) >= 11 is 0. The Labute approximate surface area is 241 Å². The SMILES string of the molecule is CC(C)COC1C(=O)N2CCCC2(COC(=O)N2CCN(c3nc(N4CCCC4)nc(N4CCCC4)n3)CC2)C1=O. The summed E-state index contributed by atoms with van der Waals surface area (Å²) in [7, 11) is 0. The van der Waals surface area contributed by atoms with E-state index in [1.807, 2.05) is 13.8 Å². The number of ether oxygens (including phenoxy) is 2. The van der Waals surface area contributed by atoms with Crippen molar-refractivity contribution >= 4 is 35.6 Å². The minimum Gasteiger partial charge on any atom is -0.446 e. The molecular formula is C28H42N8O5. The number of aromatic nitrogens is 3. The molecule has 0 radical (unpaired) electrons. The standard InChI is InChI=1S/C28H42N8O5/c1-20(2)18-40-21-22(37)28(8-7-13-36(28)23(21)38)19-41-27(39)35-16-14-34(15-17-35)26-30-24(32-9-3-4-10-32)29-25(31-26)33-11-5-6-12-33/h20-21H,3-19H2,1-2H3. The number of carbonyl (C=O) groups is 3. The van der Waals surface area contributed by atoms with Crippen molar-refractivity contribution < 1.29 is 23.9 Å². The van der Waals surface area contributed by atoms with Crippen LogP contribution >= 0.6 is 0 Å². The Bertz CT molecular complexity index is 1110. The van der Waals surface area contributed by atoms with Crippen molar-refractivity contribution in [1.29, 1.82) is 0 Å². The smallest absolute Gasteiger partial charge is 0.409 e. The van der Waals surface area contributed by atoms with E-state index in [0.717, 1.165) is 63.8 Å². The molecule has 224 valence electrons. The zero-order valence-electron chi connectivity index (χ0n) is 24.3. The van der Waals surface area contributed by atoms with Gasteiger partial charge in [0.1, 0.15) is 12.1 Å². The first-order chi connectivity index (χ1) is 19.9. The van der Waals surface area contributed by atoms with E-state index in [1.165, 1.54) is 0 Å². The van der Waals surface area contributed by atoms with Crippen molar-refractivity contribution in [3.8, 4) is 0 Å². The monoisotopic (exact) mass is 570 g/mol. The quantitative estimate of drug-likeness (QED) is 0.420. The summed E-state index contributed by atoms with van der Waals surface area (Å²) in [5, 5.41) is 0. The molecule has 2 unspecified atom stereocenters. The van der Waals surface area contributed by atoms with Gasteiger partial charge in [0.2, 0.25) is 17.8 Å². The first-order valence-electron chi connectivity index (χ1n) is 15.3. The van der Waals surface area contributed by atoms with Gasteiger partial charge in [-0.25, -0.2) is 4.79 Å². The second-order valence-corrected chi connectivity index (χ2v) is 12.2. The van der Waals surface area contributed by atoms with Gasteiger partial charge in [-0.1, -0.05) is 13.8 Å². The zero-order valence-corrected chi connectivity index (χ0v) is 24.3. The highest BCUT2D eigenvalue weighted by Gasteiger charge is 2.61. The molecule has 13 heteroatoms. The molecule has 5 fully saturated rings. The third kappa shape index (κ3) is 5.40. The maximum Gasteiger partial charge on any atom is 0.409 e. The lowest BCUT2D eigenvalue weighted by atomic mass is 9.93. The highest BCUT2D eigenvalue weighted by Crippen LogP contribution is 2.39. The number of nitrogens with zero attached hydrogens (tertiary/aromatic N) is 8. The summed E-state index contributed by atoms with van der Waals surface area (Å²) in [6, 6.07) is 0. The van der Waals surface area contributed by atoms with Gasteiger partial charge >= 0.3 is 6.09 Å². The van der Waals surface area contributed by atoms with E-state index in [0.29, 0.717) is 58.1 Å². The van der Waals surface area contributed by atoms with Crippen LogP contribution in [0.1, 0.15) is 52.4 Å². The molecule has 0 bridgehead atoms. The summed E-state index contributed by atoms with van der Waals surface area (Å²) in [6.45, 7) is 10.5. The van der Waals surface area contributed by atoms with Crippen LogP contribution in [-0.4, -0.2) is 126 Å². The molecule has 2 amide bonds. The molecule has 1 aromatic heterocycles. The van der Waals surface area contributed by atoms with Crippen molar-refractivity contribution in [2.45, 2.75) is 64.0 Å². The van der Waals surface area contributed by atoms with Gasteiger partial charge in [-0.3, -0.25) is 9.59 Å². The number of hydrogen-bond donors (Lipinski definition) is 0. The Morgan fingerprint density at radius 2 is 1.34 bits per heavy atom.